The molecule has 0 bridgehead atoms. The van der Waals surface area contributed by atoms with Gasteiger partial charge in [0.25, 0.3) is 0 Å². The molecule has 0 fully saturated rings. The van der Waals surface area contributed by atoms with Gasteiger partial charge in [0, 0.05) is 6.20 Å². The van der Waals surface area contributed by atoms with Crippen molar-refractivity contribution in [3.05, 3.63) is 22.7 Å². The lowest BCUT2D eigenvalue weighted by Gasteiger charge is -2.03. The van der Waals surface area contributed by atoms with Crippen molar-refractivity contribution in [3.8, 4) is 0 Å². The van der Waals surface area contributed by atoms with Gasteiger partial charge in [0.15, 0.2) is 0 Å². The van der Waals surface area contributed by atoms with Gasteiger partial charge >= 0.3 is 5.97 Å². The van der Waals surface area contributed by atoms with Crippen LogP contribution in [0.4, 0.5) is 0 Å². The van der Waals surface area contributed by atoms with Crippen LogP contribution >= 0.6 is 24.0 Å². The van der Waals surface area contributed by atoms with Gasteiger partial charge in [-0.05, 0) is 6.92 Å². The van der Waals surface area contributed by atoms with Crippen LogP contribution in [0.2, 0.25) is 5.15 Å². The number of halogens is 2. The maximum atomic E-state index is 11.2. The Bertz CT molecular complexity index is 347. The Morgan fingerprint density at radius 2 is 2.33 bits per heavy atom. The van der Waals surface area contributed by atoms with Crippen LogP contribution in [0.15, 0.2) is 6.20 Å². The molecule has 1 aromatic rings. The Morgan fingerprint density at radius 3 is 2.80 bits per heavy atom. The van der Waals surface area contributed by atoms with E-state index in [0.29, 0.717) is 5.82 Å². The number of aromatic nitrogens is 2. The molecule has 0 unspecified atom stereocenters. The monoisotopic (exact) mass is 251 g/mol. The van der Waals surface area contributed by atoms with Gasteiger partial charge in [-0.1, -0.05) is 11.6 Å². The molecule has 0 aliphatic carbocycles. The zero-order valence-electron chi connectivity index (χ0n) is 8.07. The van der Waals surface area contributed by atoms with Crippen LogP contribution in [0.3, 0.4) is 0 Å². The van der Waals surface area contributed by atoms with Crippen LogP contribution in [0.25, 0.3) is 0 Å². The zero-order chi connectivity index (χ0) is 10.6. The molecule has 0 spiro atoms. The number of nitrogens with zero attached hydrogens (tertiary/aromatic N) is 2. The molecule has 1 heterocycles. The Balaban J connectivity index is 0.00000196. The normalized spacial score (nSPS) is 9.27. The number of hydrogen-bond donors (Lipinski definition) is 1. The van der Waals surface area contributed by atoms with Gasteiger partial charge in [-0.3, -0.25) is 0 Å². The van der Waals surface area contributed by atoms with Crippen molar-refractivity contribution < 1.29 is 9.53 Å². The van der Waals surface area contributed by atoms with E-state index in [1.807, 2.05) is 0 Å². The van der Waals surface area contributed by atoms with E-state index in [4.69, 9.17) is 22.1 Å². The fourth-order valence-electron chi connectivity index (χ4n) is 0.839. The summed E-state index contributed by atoms with van der Waals surface area (Å²) in [5, 5.41) is 0.0684. The first-order valence-corrected chi connectivity index (χ1v) is 4.45. The first kappa shape index (κ1) is 14.1. The molecule has 1 rings (SSSR count). The Morgan fingerprint density at radius 1 is 1.67 bits per heavy atom. The maximum absolute atomic E-state index is 11.2. The van der Waals surface area contributed by atoms with Crippen molar-refractivity contribution in [2.24, 2.45) is 5.73 Å². The van der Waals surface area contributed by atoms with Crippen molar-refractivity contribution in [2.75, 3.05) is 6.61 Å². The molecule has 0 atom stereocenters. The summed E-state index contributed by atoms with van der Waals surface area (Å²) in [7, 11) is 0. The molecular weight excluding hydrogens is 241 g/mol. The standard InChI is InChI=1S/C8H10ClN3O2.ClH/c1-2-14-8(13)5-4-11-6(3-10)12-7(5)9;/h4H,2-3,10H2,1H3;1H. The summed E-state index contributed by atoms with van der Waals surface area (Å²) < 4.78 is 4.75. The summed E-state index contributed by atoms with van der Waals surface area (Å²) in [6, 6.07) is 0. The molecule has 84 valence electrons. The summed E-state index contributed by atoms with van der Waals surface area (Å²) in [5.74, 6) is -0.135. The largest absolute Gasteiger partial charge is 0.462 e. The molecule has 0 radical (unpaired) electrons. The van der Waals surface area contributed by atoms with Gasteiger partial charge in [0.1, 0.15) is 16.5 Å². The van der Waals surface area contributed by atoms with Crippen LogP contribution in [-0.2, 0) is 11.3 Å². The van der Waals surface area contributed by atoms with Gasteiger partial charge in [0.2, 0.25) is 0 Å². The van der Waals surface area contributed by atoms with Gasteiger partial charge in [-0.2, -0.15) is 0 Å². The van der Waals surface area contributed by atoms with E-state index >= 15 is 0 Å². The molecule has 0 saturated heterocycles. The van der Waals surface area contributed by atoms with E-state index in [9.17, 15) is 4.79 Å². The molecule has 0 saturated carbocycles. The summed E-state index contributed by atoms with van der Waals surface area (Å²) in [5.41, 5.74) is 5.46. The number of esters is 1. The van der Waals surface area contributed by atoms with E-state index in [-0.39, 0.29) is 36.3 Å². The summed E-state index contributed by atoms with van der Waals surface area (Å²) in [4.78, 5) is 18.9. The predicted molar refractivity (Wildman–Crippen MR) is 58.1 cm³/mol. The Labute approximate surface area is 98.4 Å². The Kier molecular flexibility index (Phi) is 6.15. The van der Waals surface area contributed by atoms with Crippen molar-refractivity contribution in [2.45, 2.75) is 13.5 Å². The highest BCUT2D eigenvalue weighted by molar-refractivity contribution is 6.32. The van der Waals surface area contributed by atoms with Gasteiger partial charge in [0.05, 0.1) is 13.2 Å². The molecule has 5 nitrogen and oxygen atoms in total. The second-order valence-electron chi connectivity index (χ2n) is 2.42. The van der Waals surface area contributed by atoms with Crippen molar-refractivity contribution in [1.29, 1.82) is 0 Å². The quantitative estimate of drug-likeness (QED) is 0.645. The van der Waals surface area contributed by atoms with Gasteiger partial charge < -0.3 is 10.5 Å². The lowest BCUT2D eigenvalue weighted by Crippen LogP contribution is -2.10. The van der Waals surface area contributed by atoms with E-state index < -0.39 is 5.97 Å². The topological polar surface area (TPSA) is 78.1 Å². The fourth-order valence-corrected chi connectivity index (χ4v) is 1.06. The highest BCUT2D eigenvalue weighted by Gasteiger charge is 2.13. The van der Waals surface area contributed by atoms with Gasteiger partial charge in [-0.25, -0.2) is 14.8 Å². The van der Waals surface area contributed by atoms with Gasteiger partial charge in [-0.15, -0.1) is 12.4 Å². The number of rotatable bonds is 3. The van der Waals surface area contributed by atoms with Crippen molar-refractivity contribution >= 4 is 30.0 Å². The van der Waals surface area contributed by atoms with E-state index in [1.54, 1.807) is 6.92 Å². The van der Waals surface area contributed by atoms with E-state index in [2.05, 4.69) is 9.97 Å². The average Bonchev–Trinajstić information content (AvgIpc) is 2.17. The molecule has 7 heteroatoms. The zero-order valence-corrected chi connectivity index (χ0v) is 9.64. The first-order valence-electron chi connectivity index (χ1n) is 4.07. The number of carbonyl (C=O) groups is 1. The van der Waals surface area contributed by atoms with Crippen LogP contribution in [0, 0.1) is 0 Å². The fraction of sp³-hybridized carbons (Fsp3) is 0.375. The predicted octanol–water partition coefficient (Wildman–Crippen LogP) is 1.19. The van der Waals surface area contributed by atoms with Crippen molar-refractivity contribution in [3.63, 3.8) is 0 Å². The first-order chi connectivity index (χ1) is 6.69. The third kappa shape index (κ3) is 3.62. The second-order valence-corrected chi connectivity index (χ2v) is 2.77. The summed E-state index contributed by atoms with van der Waals surface area (Å²) in [6.07, 6.45) is 1.32. The highest BCUT2D eigenvalue weighted by Crippen LogP contribution is 2.12. The number of carbonyl (C=O) groups excluding carboxylic acids is 1. The smallest absolute Gasteiger partial charge is 0.342 e. The van der Waals surface area contributed by atoms with Crippen LogP contribution < -0.4 is 5.73 Å². The second kappa shape index (κ2) is 6.55. The summed E-state index contributed by atoms with van der Waals surface area (Å²) >= 11 is 5.73. The minimum Gasteiger partial charge on any atom is -0.462 e. The maximum Gasteiger partial charge on any atom is 0.342 e. The molecule has 0 aliphatic heterocycles. The van der Waals surface area contributed by atoms with Crippen LogP contribution in [0.5, 0.6) is 0 Å². The SMILES string of the molecule is CCOC(=O)c1cnc(CN)nc1Cl.Cl. The third-order valence-corrected chi connectivity index (χ3v) is 1.76. The molecule has 0 aliphatic rings. The van der Waals surface area contributed by atoms with Crippen molar-refractivity contribution in [1.82, 2.24) is 9.97 Å². The van der Waals surface area contributed by atoms with Crippen LogP contribution in [0.1, 0.15) is 23.1 Å². The lowest BCUT2D eigenvalue weighted by molar-refractivity contribution is 0.0525. The van der Waals surface area contributed by atoms with E-state index in [0.717, 1.165) is 0 Å². The molecular formula is C8H11Cl2N3O2. The minimum atomic E-state index is -0.527. The highest BCUT2D eigenvalue weighted by atomic mass is 35.5. The molecule has 2 N–H and O–H groups in total. The molecule has 0 amide bonds. The third-order valence-electron chi connectivity index (χ3n) is 1.47. The number of ether oxygens (including phenoxy) is 1. The van der Waals surface area contributed by atoms with Crippen LogP contribution in [-0.4, -0.2) is 22.5 Å². The Hall–Kier alpha value is -0.910. The molecule has 0 aromatic carbocycles. The minimum absolute atomic E-state index is 0. The molecule has 1 aromatic heterocycles. The van der Waals surface area contributed by atoms with E-state index in [1.165, 1.54) is 6.20 Å². The number of nitrogens with two attached hydrogens (primary N) is 1. The average molecular weight is 252 g/mol. The lowest BCUT2D eigenvalue weighted by atomic mass is 10.3. The summed E-state index contributed by atoms with van der Waals surface area (Å²) in [6.45, 7) is 2.18. The molecule has 15 heavy (non-hydrogen) atoms. The number of hydrogen-bond acceptors (Lipinski definition) is 5.